The minimum absolute atomic E-state index is 0.0823. The van der Waals surface area contributed by atoms with E-state index in [0.29, 0.717) is 24.6 Å². The molecule has 5 aromatic rings. The maximum atomic E-state index is 13.8. The third-order valence-electron chi connectivity index (χ3n) is 7.38. The van der Waals surface area contributed by atoms with Gasteiger partial charge in [0.15, 0.2) is 5.82 Å². The van der Waals surface area contributed by atoms with Crippen molar-refractivity contribution in [2.75, 3.05) is 26.7 Å². The summed E-state index contributed by atoms with van der Waals surface area (Å²) in [4.78, 5) is 23.1. The number of pyridine rings is 2. The Morgan fingerprint density at radius 2 is 2.10 bits per heavy atom. The van der Waals surface area contributed by atoms with Gasteiger partial charge in [-0.25, -0.2) is 13.8 Å². The number of hydrogen-bond acceptors (Lipinski definition) is 6. The molecule has 40 heavy (non-hydrogen) atoms. The van der Waals surface area contributed by atoms with Gasteiger partial charge in [-0.1, -0.05) is 25.1 Å². The van der Waals surface area contributed by atoms with Gasteiger partial charge in [-0.2, -0.15) is 5.10 Å². The van der Waals surface area contributed by atoms with E-state index in [-0.39, 0.29) is 18.9 Å². The molecule has 204 valence electrons. The van der Waals surface area contributed by atoms with Crippen LogP contribution in [-0.4, -0.2) is 73.9 Å². The van der Waals surface area contributed by atoms with Crippen LogP contribution in [0.25, 0.3) is 44.7 Å². The van der Waals surface area contributed by atoms with Gasteiger partial charge < -0.3 is 4.98 Å². The van der Waals surface area contributed by atoms with Gasteiger partial charge >= 0.3 is 0 Å². The maximum Gasteiger partial charge on any atom is 0.261 e. The first-order valence-corrected chi connectivity index (χ1v) is 13.4. The highest BCUT2D eigenvalue weighted by Crippen LogP contribution is 2.33. The fourth-order valence-electron chi connectivity index (χ4n) is 5.41. The Bertz CT molecular complexity index is 1700. The second-order valence-electron chi connectivity index (χ2n) is 10.2. The molecule has 0 spiro atoms. The van der Waals surface area contributed by atoms with E-state index in [9.17, 15) is 8.78 Å². The summed E-state index contributed by atoms with van der Waals surface area (Å²) in [6, 6.07) is 12.0. The van der Waals surface area contributed by atoms with E-state index in [0.717, 1.165) is 50.8 Å². The number of H-pyrrole nitrogens is 2. The maximum absolute atomic E-state index is 13.8. The largest absolute Gasteiger partial charge is 0.335 e. The van der Waals surface area contributed by atoms with Gasteiger partial charge in [0, 0.05) is 62.0 Å². The first kappa shape index (κ1) is 25.9. The third-order valence-corrected chi connectivity index (χ3v) is 7.38. The summed E-state index contributed by atoms with van der Waals surface area (Å²) in [5.74, 6) is -1.90. The van der Waals surface area contributed by atoms with Gasteiger partial charge in [-0.05, 0) is 41.8 Å². The molecule has 1 atom stereocenters. The molecule has 0 saturated carbocycles. The molecule has 2 N–H and O–H groups in total. The molecule has 1 saturated heterocycles. The van der Waals surface area contributed by atoms with Crippen molar-refractivity contribution in [3.8, 4) is 22.8 Å². The smallest absolute Gasteiger partial charge is 0.261 e. The number of nitrogens with zero attached hydrogens (tertiary/aromatic N) is 6. The van der Waals surface area contributed by atoms with E-state index in [1.807, 2.05) is 24.3 Å². The Kier molecular flexibility index (Phi) is 6.93. The van der Waals surface area contributed by atoms with Gasteiger partial charge in [0.2, 0.25) is 0 Å². The average Bonchev–Trinajstić information content (AvgIpc) is 3.67. The van der Waals surface area contributed by atoms with Crippen LogP contribution in [0.3, 0.4) is 0 Å². The summed E-state index contributed by atoms with van der Waals surface area (Å²) in [6.07, 6.45) is 9.96. The Labute approximate surface area is 230 Å². The number of allylic oxidation sites excluding steroid dienone is 1. The highest BCUT2D eigenvalue weighted by atomic mass is 19.3. The number of aliphatic imine (C=N–C) groups is 1. The zero-order valence-corrected chi connectivity index (χ0v) is 22.4. The second-order valence-corrected chi connectivity index (χ2v) is 10.2. The van der Waals surface area contributed by atoms with Crippen molar-refractivity contribution < 1.29 is 8.78 Å². The predicted molar refractivity (Wildman–Crippen MR) is 154 cm³/mol. The van der Waals surface area contributed by atoms with Gasteiger partial charge in [0.25, 0.3) is 5.92 Å². The average molecular weight is 541 g/mol. The Balaban J connectivity index is 1.35. The highest BCUT2D eigenvalue weighted by Gasteiger charge is 2.38. The number of imidazole rings is 1. The van der Waals surface area contributed by atoms with Gasteiger partial charge in [0.1, 0.15) is 11.2 Å². The molecule has 1 aliphatic rings. The standard InChI is InChI=1S/C30H30F2N8/c1-3-20(12-19(14-33-2)17-40-11-9-30(31,32)18-40)21-7-8-25-22(13-21)28(39-38-25)29-36-26-16-34-15-23(27(26)37-29)24-6-4-5-10-35-24/h4-8,10,12-16,20H,3,9,11,17-18H2,1-2H3,(H,36,37)(H,38,39)/b19-12+,33-14?. The second kappa shape index (κ2) is 10.7. The Morgan fingerprint density at radius 1 is 1.20 bits per heavy atom. The lowest BCUT2D eigenvalue weighted by atomic mass is 9.92. The molecular formula is C30H30F2N8. The predicted octanol–water partition coefficient (Wildman–Crippen LogP) is 6.02. The topological polar surface area (TPSA) is 98.7 Å². The van der Waals surface area contributed by atoms with Crippen LogP contribution in [0.1, 0.15) is 31.2 Å². The van der Waals surface area contributed by atoms with Crippen LogP contribution in [-0.2, 0) is 0 Å². The van der Waals surface area contributed by atoms with E-state index >= 15 is 0 Å². The minimum atomic E-state index is -2.62. The van der Waals surface area contributed by atoms with Crippen LogP contribution in [0.5, 0.6) is 0 Å². The molecule has 5 heterocycles. The number of rotatable bonds is 8. The van der Waals surface area contributed by atoms with Gasteiger partial charge in [0.05, 0.1) is 29.5 Å². The van der Waals surface area contributed by atoms with E-state index in [1.165, 1.54) is 0 Å². The summed E-state index contributed by atoms with van der Waals surface area (Å²) in [7, 11) is 1.71. The van der Waals surface area contributed by atoms with Crippen molar-refractivity contribution in [2.24, 2.45) is 4.99 Å². The summed E-state index contributed by atoms with van der Waals surface area (Å²) >= 11 is 0. The lowest BCUT2D eigenvalue weighted by Gasteiger charge is -2.18. The fourth-order valence-corrected chi connectivity index (χ4v) is 5.41. The van der Waals surface area contributed by atoms with Crippen LogP contribution in [0, 0.1) is 0 Å². The fraction of sp³-hybridized carbons (Fsp3) is 0.300. The van der Waals surface area contributed by atoms with Crippen LogP contribution in [0.2, 0.25) is 0 Å². The van der Waals surface area contributed by atoms with Crippen molar-refractivity contribution in [3.05, 3.63) is 72.2 Å². The normalized spacial score (nSPS) is 16.9. The molecule has 1 unspecified atom stereocenters. The van der Waals surface area contributed by atoms with E-state index in [1.54, 1.807) is 36.8 Å². The molecule has 0 bridgehead atoms. The number of hydrogen-bond donors (Lipinski definition) is 2. The van der Waals surface area contributed by atoms with Crippen molar-refractivity contribution in [3.63, 3.8) is 0 Å². The quantitative estimate of drug-likeness (QED) is 0.234. The summed E-state index contributed by atoms with van der Waals surface area (Å²) in [5, 5.41) is 8.66. The van der Waals surface area contributed by atoms with Crippen molar-refractivity contribution in [1.82, 2.24) is 35.0 Å². The van der Waals surface area contributed by atoms with Crippen LogP contribution >= 0.6 is 0 Å². The van der Waals surface area contributed by atoms with Crippen molar-refractivity contribution in [1.29, 1.82) is 0 Å². The van der Waals surface area contributed by atoms with E-state index in [4.69, 9.17) is 4.98 Å². The molecule has 10 heteroatoms. The van der Waals surface area contributed by atoms with Crippen molar-refractivity contribution >= 4 is 28.2 Å². The Hall–Kier alpha value is -4.31. The lowest BCUT2D eigenvalue weighted by molar-refractivity contribution is 0.0132. The van der Waals surface area contributed by atoms with Crippen LogP contribution < -0.4 is 0 Å². The molecule has 8 nitrogen and oxygen atoms in total. The number of alkyl halides is 2. The molecule has 4 aromatic heterocycles. The van der Waals surface area contributed by atoms with Gasteiger partial charge in [-0.3, -0.25) is 25.0 Å². The molecule has 1 aliphatic heterocycles. The van der Waals surface area contributed by atoms with Gasteiger partial charge in [-0.15, -0.1) is 0 Å². The third kappa shape index (κ3) is 5.14. The number of aromatic amines is 2. The highest BCUT2D eigenvalue weighted by molar-refractivity contribution is 5.96. The monoisotopic (exact) mass is 540 g/mol. The molecule has 0 radical (unpaired) electrons. The molecule has 1 fully saturated rings. The van der Waals surface area contributed by atoms with E-state index < -0.39 is 5.92 Å². The Morgan fingerprint density at radius 3 is 2.85 bits per heavy atom. The summed E-state index contributed by atoms with van der Waals surface area (Å²) < 4.78 is 27.6. The van der Waals surface area contributed by atoms with E-state index in [2.05, 4.69) is 55.3 Å². The SMILES string of the molecule is CCC(/C=C(\C=NC)CN1CCC(F)(F)C1)c1ccc2[nH]nc(-c3nc4c(-c5ccccn5)cncc4[nH]3)c2c1. The molecular weight excluding hydrogens is 510 g/mol. The molecule has 1 aromatic carbocycles. The first-order valence-electron chi connectivity index (χ1n) is 13.4. The van der Waals surface area contributed by atoms with Crippen LogP contribution in [0.15, 0.2) is 71.6 Å². The first-order chi connectivity index (χ1) is 19.4. The molecule has 6 rings (SSSR count). The number of nitrogens with one attached hydrogen (secondary N) is 2. The van der Waals surface area contributed by atoms with Crippen molar-refractivity contribution in [2.45, 2.75) is 31.6 Å². The zero-order valence-electron chi connectivity index (χ0n) is 22.4. The number of aromatic nitrogens is 6. The summed E-state index contributed by atoms with van der Waals surface area (Å²) in [5.41, 5.74) is 6.89. The minimum Gasteiger partial charge on any atom is -0.335 e. The molecule has 0 amide bonds. The lowest BCUT2D eigenvalue weighted by Crippen LogP contribution is -2.27. The summed E-state index contributed by atoms with van der Waals surface area (Å²) in [6.45, 7) is 2.75. The number of fused-ring (bicyclic) bond motifs is 2. The number of benzene rings is 1. The van der Waals surface area contributed by atoms with Crippen LogP contribution in [0.4, 0.5) is 8.78 Å². The zero-order chi connectivity index (χ0) is 27.7. The molecule has 0 aliphatic carbocycles. The number of halogens is 2. The number of likely N-dealkylation sites (tertiary alicyclic amines) is 1.